The molecular formula is C51H63BN2. The van der Waals surface area contributed by atoms with Gasteiger partial charge in [0.15, 0.2) is 0 Å². The second kappa shape index (κ2) is 12.4. The maximum atomic E-state index is 2.61. The minimum Gasteiger partial charge on any atom is -0.311 e. The molecule has 0 N–H and O–H groups in total. The minimum atomic E-state index is -0.00238. The molecule has 0 amide bonds. The van der Waals surface area contributed by atoms with Crippen molar-refractivity contribution in [3.63, 3.8) is 0 Å². The van der Waals surface area contributed by atoms with Crippen molar-refractivity contribution in [1.82, 2.24) is 0 Å². The van der Waals surface area contributed by atoms with E-state index >= 15 is 0 Å². The Morgan fingerprint density at radius 1 is 0.352 bits per heavy atom. The molecule has 0 spiro atoms. The van der Waals surface area contributed by atoms with Gasteiger partial charge < -0.3 is 9.80 Å². The summed E-state index contributed by atoms with van der Waals surface area (Å²) in [6, 6.07) is 36.2. The first-order valence-corrected chi connectivity index (χ1v) is 20.1. The molecule has 0 aliphatic carbocycles. The van der Waals surface area contributed by atoms with Crippen LogP contribution >= 0.6 is 0 Å². The van der Waals surface area contributed by atoms with Crippen LogP contribution in [0.1, 0.15) is 137 Å². The molecule has 280 valence electrons. The first-order valence-electron chi connectivity index (χ1n) is 20.1. The van der Waals surface area contributed by atoms with E-state index in [0.717, 1.165) is 0 Å². The van der Waals surface area contributed by atoms with Gasteiger partial charge in [-0.05, 0) is 132 Å². The van der Waals surface area contributed by atoms with E-state index in [2.05, 4.69) is 212 Å². The molecule has 5 aromatic rings. The van der Waals surface area contributed by atoms with Crippen molar-refractivity contribution in [2.24, 2.45) is 0 Å². The number of nitrogens with zero attached hydrogens (tertiary/aromatic N) is 2. The van der Waals surface area contributed by atoms with Crippen LogP contribution in [0.2, 0.25) is 0 Å². The highest BCUT2D eigenvalue weighted by atomic mass is 15.2. The van der Waals surface area contributed by atoms with Gasteiger partial charge in [0.25, 0.3) is 6.71 Å². The summed E-state index contributed by atoms with van der Waals surface area (Å²) in [5.74, 6) is 0. The molecule has 54 heavy (non-hydrogen) atoms. The summed E-state index contributed by atoms with van der Waals surface area (Å²) in [6.07, 6.45) is 0. The van der Waals surface area contributed by atoms with Crippen LogP contribution in [-0.2, 0) is 27.1 Å². The van der Waals surface area contributed by atoms with E-state index in [1.807, 2.05) is 0 Å². The van der Waals surface area contributed by atoms with Crippen LogP contribution in [0.3, 0.4) is 0 Å². The Kier molecular flexibility index (Phi) is 8.73. The molecule has 7 rings (SSSR count). The smallest absolute Gasteiger partial charge is 0.252 e. The van der Waals surface area contributed by atoms with Crippen LogP contribution in [0, 0.1) is 6.92 Å². The quantitative estimate of drug-likeness (QED) is 0.165. The monoisotopic (exact) mass is 715 g/mol. The van der Waals surface area contributed by atoms with E-state index in [9.17, 15) is 0 Å². The third-order valence-electron chi connectivity index (χ3n) is 11.8. The lowest BCUT2D eigenvalue weighted by atomic mass is 9.33. The summed E-state index contributed by atoms with van der Waals surface area (Å²) < 4.78 is 0. The Balaban J connectivity index is 1.61. The van der Waals surface area contributed by atoms with Gasteiger partial charge in [-0.2, -0.15) is 0 Å². The van der Waals surface area contributed by atoms with Gasteiger partial charge in [-0.25, -0.2) is 0 Å². The lowest BCUT2D eigenvalue weighted by Crippen LogP contribution is -2.61. The normalized spacial score (nSPS) is 14.6. The topological polar surface area (TPSA) is 6.48 Å². The number of anilines is 6. The second-order valence-electron chi connectivity index (χ2n) is 21.4. The standard InChI is InChI=1S/C51H63BN2/c1-32-25-44-46-45(26-32)54(39-28-36(50(11,12)13)27-37(29-39)51(14,15)16)43-24-20-35(49(8,9)10)31-41(43)52(46)40-30-34(48(5,6)7)19-23-42(40)53(44)38-21-17-33(18-22-38)47(2,3)4/h17-31H,1-16H3. The maximum absolute atomic E-state index is 2.61. The Labute approximate surface area is 328 Å². The van der Waals surface area contributed by atoms with Gasteiger partial charge in [0.05, 0.1) is 0 Å². The van der Waals surface area contributed by atoms with Gasteiger partial charge in [0.2, 0.25) is 0 Å². The molecule has 2 heterocycles. The van der Waals surface area contributed by atoms with Crippen LogP contribution < -0.4 is 26.2 Å². The van der Waals surface area contributed by atoms with Crippen LogP contribution in [-0.4, -0.2) is 6.71 Å². The van der Waals surface area contributed by atoms with Crippen molar-refractivity contribution in [3.05, 3.63) is 124 Å². The average Bonchev–Trinajstić information content (AvgIpc) is 3.05. The lowest BCUT2D eigenvalue weighted by molar-refractivity contribution is 0.568. The summed E-state index contributed by atoms with van der Waals surface area (Å²) in [4.78, 5) is 5.16. The number of fused-ring (bicyclic) bond motifs is 4. The summed E-state index contributed by atoms with van der Waals surface area (Å²) in [7, 11) is 0. The van der Waals surface area contributed by atoms with Crippen molar-refractivity contribution in [2.75, 3.05) is 9.80 Å². The van der Waals surface area contributed by atoms with Gasteiger partial charge in [0, 0.05) is 34.1 Å². The molecule has 0 radical (unpaired) electrons. The molecule has 0 fully saturated rings. The SMILES string of the molecule is Cc1cc2c3c(c1)N(c1cc(C(C)(C)C)cc(C(C)(C)C)c1)c1ccc(C(C)(C)C)cc1B3c1cc(C(C)(C)C)ccc1N2c1ccc(C(C)(C)C)cc1. The molecule has 0 saturated heterocycles. The van der Waals surface area contributed by atoms with Crippen molar-refractivity contribution >= 4 is 57.2 Å². The Hall–Kier alpha value is -4.24. The van der Waals surface area contributed by atoms with E-state index < -0.39 is 0 Å². The number of benzene rings is 5. The molecule has 0 unspecified atom stereocenters. The minimum absolute atomic E-state index is 0.00238. The zero-order valence-corrected chi connectivity index (χ0v) is 36.1. The molecule has 0 atom stereocenters. The summed E-state index contributed by atoms with van der Waals surface area (Å²) in [5, 5.41) is 0. The van der Waals surface area contributed by atoms with Crippen molar-refractivity contribution in [2.45, 2.75) is 138 Å². The highest BCUT2D eigenvalue weighted by Crippen LogP contribution is 2.47. The molecule has 2 nitrogen and oxygen atoms in total. The summed E-state index contributed by atoms with van der Waals surface area (Å²) in [5.41, 5.74) is 19.8. The van der Waals surface area contributed by atoms with Gasteiger partial charge in [-0.15, -0.1) is 0 Å². The predicted molar refractivity (Wildman–Crippen MR) is 239 cm³/mol. The molecular weight excluding hydrogens is 651 g/mol. The number of aryl methyl sites for hydroxylation is 1. The summed E-state index contributed by atoms with van der Waals surface area (Å²) in [6.45, 7) is 37.4. The van der Waals surface area contributed by atoms with Crippen LogP contribution in [0.4, 0.5) is 34.1 Å². The van der Waals surface area contributed by atoms with Gasteiger partial charge in [-0.3, -0.25) is 0 Å². The van der Waals surface area contributed by atoms with Crippen LogP contribution in [0.25, 0.3) is 0 Å². The maximum Gasteiger partial charge on any atom is 0.252 e. The fraction of sp³-hybridized carbons (Fsp3) is 0.412. The summed E-state index contributed by atoms with van der Waals surface area (Å²) >= 11 is 0. The van der Waals surface area contributed by atoms with E-state index in [0.29, 0.717) is 0 Å². The van der Waals surface area contributed by atoms with Crippen LogP contribution in [0.5, 0.6) is 0 Å². The Bertz CT molecular complexity index is 2220. The van der Waals surface area contributed by atoms with E-state index in [-0.39, 0.29) is 33.8 Å². The lowest BCUT2D eigenvalue weighted by Gasteiger charge is -2.45. The molecule has 2 aliphatic rings. The third kappa shape index (κ3) is 6.60. The number of hydrogen-bond donors (Lipinski definition) is 0. The fourth-order valence-electron chi connectivity index (χ4n) is 8.35. The zero-order valence-electron chi connectivity index (χ0n) is 36.1. The number of hydrogen-bond acceptors (Lipinski definition) is 2. The van der Waals surface area contributed by atoms with E-state index in [1.165, 1.54) is 83.9 Å². The fourth-order valence-corrected chi connectivity index (χ4v) is 8.35. The second-order valence-corrected chi connectivity index (χ2v) is 21.4. The van der Waals surface area contributed by atoms with Crippen molar-refractivity contribution in [1.29, 1.82) is 0 Å². The third-order valence-corrected chi connectivity index (χ3v) is 11.8. The average molecular weight is 715 g/mol. The largest absolute Gasteiger partial charge is 0.311 e. The molecule has 3 heteroatoms. The Morgan fingerprint density at radius 2 is 0.722 bits per heavy atom. The first kappa shape index (κ1) is 38.1. The van der Waals surface area contributed by atoms with E-state index in [1.54, 1.807) is 0 Å². The Morgan fingerprint density at radius 3 is 1.11 bits per heavy atom. The molecule has 5 aromatic carbocycles. The van der Waals surface area contributed by atoms with Crippen molar-refractivity contribution in [3.8, 4) is 0 Å². The highest BCUT2D eigenvalue weighted by Gasteiger charge is 2.44. The molecule has 0 aromatic heterocycles. The van der Waals surface area contributed by atoms with Gasteiger partial charge in [-0.1, -0.05) is 146 Å². The predicted octanol–water partition coefficient (Wildman–Crippen LogP) is 12.6. The van der Waals surface area contributed by atoms with Gasteiger partial charge >= 0.3 is 0 Å². The van der Waals surface area contributed by atoms with Gasteiger partial charge in [0.1, 0.15) is 0 Å². The van der Waals surface area contributed by atoms with E-state index in [4.69, 9.17) is 0 Å². The molecule has 0 saturated carbocycles. The van der Waals surface area contributed by atoms with Crippen molar-refractivity contribution < 1.29 is 0 Å². The highest BCUT2D eigenvalue weighted by molar-refractivity contribution is 7.00. The zero-order chi connectivity index (χ0) is 39.5. The molecule has 2 aliphatic heterocycles. The number of rotatable bonds is 2. The molecule has 0 bridgehead atoms. The first-order chi connectivity index (χ1) is 24.8. The van der Waals surface area contributed by atoms with Crippen LogP contribution in [0.15, 0.2) is 91.0 Å².